The predicted molar refractivity (Wildman–Crippen MR) is 151 cm³/mol. The zero-order valence-corrected chi connectivity index (χ0v) is 24.0. The van der Waals surface area contributed by atoms with Gasteiger partial charge in [0.25, 0.3) is 0 Å². The molecule has 0 fully saturated rings. The number of nitrogens with zero attached hydrogens (tertiary/aromatic N) is 4. The van der Waals surface area contributed by atoms with E-state index in [1.165, 1.54) is 43.0 Å². The maximum atomic E-state index is 14.1. The van der Waals surface area contributed by atoms with E-state index in [2.05, 4.69) is 15.6 Å². The van der Waals surface area contributed by atoms with Gasteiger partial charge in [0, 0.05) is 12.1 Å². The summed E-state index contributed by atoms with van der Waals surface area (Å²) in [5.74, 6) is -0.246. The number of hydrogen-bond acceptors (Lipinski definition) is 7. The highest BCUT2D eigenvalue weighted by atomic mass is 19.1. The molecule has 4 aromatic rings. The molecule has 4 rings (SSSR count). The van der Waals surface area contributed by atoms with Crippen LogP contribution in [0.5, 0.6) is 17.2 Å². The van der Waals surface area contributed by atoms with Gasteiger partial charge in [-0.2, -0.15) is 0 Å². The fourth-order valence-corrected chi connectivity index (χ4v) is 4.53. The van der Waals surface area contributed by atoms with Crippen molar-refractivity contribution in [2.24, 2.45) is 0 Å². The summed E-state index contributed by atoms with van der Waals surface area (Å²) < 4.78 is 31.8. The van der Waals surface area contributed by atoms with Crippen LogP contribution in [0.3, 0.4) is 0 Å². The number of carbonyl (C=O) groups is 2. The molecule has 1 N–H and O–H groups in total. The molecule has 3 aromatic carbocycles. The van der Waals surface area contributed by atoms with E-state index >= 15 is 0 Å². The normalized spacial score (nSPS) is 12.1. The number of halogens is 1. The summed E-state index contributed by atoms with van der Waals surface area (Å²) in [5.41, 5.74) is 1.76. The Balaban J connectivity index is 1.86. The lowest BCUT2D eigenvalue weighted by atomic mass is 9.99. The Bertz CT molecular complexity index is 1510. The molecule has 0 aliphatic rings. The van der Waals surface area contributed by atoms with Crippen molar-refractivity contribution in [2.45, 2.75) is 45.4 Å². The SMILES string of the molecule is COc1cc(C(C(=O)NC(C)(C)C)N(Cc2ccc(F)cc2)C(=O)Cn2nnc3ccccc32)cc(OC)c1OC. The van der Waals surface area contributed by atoms with Crippen LogP contribution in [0.2, 0.25) is 0 Å². The van der Waals surface area contributed by atoms with Gasteiger partial charge in [0.2, 0.25) is 17.6 Å². The molecule has 1 atom stereocenters. The molecule has 1 aromatic heterocycles. The van der Waals surface area contributed by atoms with E-state index in [0.29, 0.717) is 39.4 Å². The topological polar surface area (TPSA) is 108 Å². The molecule has 2 amide bonds. The highest BCUT2D eigenvalue weighted by molar-refractivity contribution is 5.90. The summed E-state index contributed by atoms with van der Waals surface area (Å²) in [4.78, 5) is 29.6. The molecule has 216 valence electrons. The lowest BCUT2D eigenvalue weighted by Gasteiger charge is -2.34. The first-order chi connectivity index (χ1) is 19.5. The molecule has 0 aliphatic heterocycles. The molecule has 0 spiro atoms. The maximum absolute atomic E-state index is 14.1. The summed E-state index contributed by atoms with van der Waals surface area (Å²) >= 11 is 0. The first-order valence-corrected chi connectivity index (χ1v) is 13.0. The fourth-order valence-electron chi connectivity index (χ4n) is 4.53. The van der Waals surface area contributed by atoms with Crippen LogP contribution in [0.15, 0.2) is 60.7 Å². The minimum Gasteiger partial charge on any atom is -0.493 e. The number of ether oxygens (including phenoxy) is 3. The summed E-state index contributed by atoms with van der Waals surface area (Å²) in [6.07, 6.45) is 0. The van der Waals surface area contributed by atoms with Crippen LogP contribution in [0.1, 0.15) is 37.9 Å². The minimum absolute atomic E-state index is 0.00460. The Morgan fingerprint density at radius 3 is 2.20 bits per heavy atom. The lowest BCUT2D eigenvalue weighted by molar-refractivity contribution is -0.142. The molecular weight excluding hydrogens is 529 g/mol. The smallest absolute Gasteiger partial charge is 0.247 e. The number of rotatable bonds is 10. The number of carbonyl (C=O) groups excluding carboxylic acids is 2. The third-order valence-electron chi connectivity index (χ3n) is 6.35. The van der Waals surface area contributed by atoms with Gasteiger partial charge in [0.15, 0.2) is 11.5 Å². The Kier molecular flexibility index (Phi) is 8.75. The van der Waals surface area contributed by atoms with E-state index < -0.39 is 29.2 Å². The van der Waals surface area contributed by atoms with Gasteiger partial charge in [-0.1, -0.05) is 29.5 Å². The minimum atomic E-state index is -1.13. The average molecular weight is 564 g/mol. The van der Waals surface area contributed by atoms with Gasteiger partial charge in [-0.3, -0.25) is 9.59 Å². The van der Waals surface area contributed by atoms with Crippen LogP contribution < -0.4 is 19.5 Å². The Morgan fingerprint density at radius 1 is 0.976 bits per heavy atom. The fraction of sp³-hybridized carbons (Fsp3) is 0.333. The van der Waals surface area contributed by atoms with Crippen LogP contribution in [0.4, 0.5) is 4.39 Å². The lowest BCUT2D eigenvalue weighted by Crippen LogP contribution is -2.49. The summed E-state index contributed by atoms with van der Waals surface area (Å²) in [7, 11) is 4.43. The van der Waals surface area contributed by atoms with E-state index in [1.807, 2.05) is 39.0 Å². The van der Waals surface area contributed by atoms with Gasteiger partial charge >= 0.3 is 0 Å². The number of benzene rings is 3. The Hall–Kier alpha value is -4.67. The first kappa shape index (κ1) is 29.3. The number of fused-ring (bicyclic) bond motifs is 1. The van der Waals surface area contributed by atoms with Gasteiger partial charge in [-0.15, -0.1) is 5.10 Å². The molecule has 0 aliphatic carbocycles. The second-order valence-electron chi connectivity index (χ2n) is 10.5. The average Bonchev–Trinajstić information content (AvgIpc) is 3.34. The number of methoxy groups -OCH3 is 3. The van der Waals surface area contributed by atoms with Crippen LogP contribution in [-0.2, 0) is 22.7 Å². The van der Waals surface area contributed by atoms with Crippen molar-refractivity contribution in [2.75, 3.05) is 21.3 Å². The second kappa shape index (κ2) is 12.2. The van der Waals surface area contributed by atoms with Gasteiger partial charge in [0.1, 0.15) is 23.9 Å². The molecule has 0 radical (unpaired) electrons. The molecule has 0 saturated heterocycles. The van der Waals surface area contributed by atoms with Crippen molar-refractivity contribution in [3.05, 3.63) is 77.6 Å². The van der Waals surface area contributed by atoms with Crippen molar-refractivity contribution in [3.63, 3.8) is 0 Å². The molecule has 11 heteroatoms. The first-order valence-electron chi connectivity index (χ1n) is 13.0. The molecule has 0 bridgehead atoms. The van der Waals surface area contributed by atoms with Crippen molar-refractivity contribution in [1.82, 2.24) is 25.2 Å². The van der Waals surface area contributed by atoms with Crippen LogP contribution in [-0.4, -0.2) is 58.6 Å². The van der Waals surface area contributed by atoms with Crippen molar-refractivity contribution >= 4 is 22.8 Å². The largest absolute Gasteiger partial charge is 0.493 e. The van der Waals surface area contributed by atoms with Crippen LogP contribution in [0.25, 0.3) is 11.0 Å². The van der Waals surface area contributed by atoms with Crippen LogP contribution in [0, 0.1) is 5.82 Å². The summed E-state index contributed by atoms with van der Waals surface area (Å²) in [6, 6.07) is 15.2. The van der Waals surface area contributed by atoms with E-state index in [0.717, 1.165) is 0 Å². The number of amides is 2. The van der Waals surface area contributed by atoms with Gasteiger partial charge in [-0.05, 0) is 68.3 Å². The van der Waals surface area contributed by atoms with E-state index in [9.17, 15) is 14.0 Å². The Labute approximate surface area is 238 Å². The molecule has 41 heavy (non-hydrogen) atoms. The molecular formula is C30H34FN5O5. The zero-order chi connectivity index (χ0) is 29.7. The highest BCUT2D eigenvalue weighted by Crippen LogP contribution is 2.41. The third kappa shape index (κ3) is 6.74. The standard InChI is InChI=1S/C30H34FN5O5/c1-30(2,3)32-29(38)27(20-15-24(39-4)28(41-6)25(16-20)40-5)35(17-19-11-13-21(31)14-12-19)26(37)18-36-23-10-8-7-9-22(23)33-34-36/h7-16,27H,17-18H2,1-6H3,(H,32,38). The highest BCUT2D eigenvalue weighted by Gasteiger charge is 2.35. The van der Waals surface area contributed by atoms with Gasteiger partial charge in [0.05, 0.1) is 26.8 Å². The van der Waals surface area contributed by atoms with E-state index in [4.69, 9.17) is 14.2 Å². The molecule has 1 unspecified atom stereocenters. The third-order valence-corrected chi connectivity index (χ3v) is 6.35. The van der Waals surface area contributed by atoms with Crippen LogP contribution >= 0.6 is 0 Å². The number of para-hydroxylation sites is 1. The molecule has 10 nitrogen and oxygen atoms in total. The van der Waals surface area contributed by atoms with Crippen molar-refractivity contribution in [1.29, 1.82) is 0 Å². The zero-order valence-electron chi connectivity index (χ0n) is 24.0. The van der Waals surface area contributed by atoms with Crippen molar-refractivity contribution in [3.8, 4) is 17.2 Å². The van der Waals surface area contributed by atoms with E-state index in [1.54, 1.807) is 30.3 Å². The molecule has 1 heterocycles. The molecule has 0 saturated carbocycles. The summed E-state index contributed by atoms with van der Waals surface area (Å²) in [6.45, 7) is 5.37. The predicted octanol–water partition coefficient (Wildman–Crippen LogP) is 4.28. The number of nitrogens with one attached hydrogen (secondary N) is 1. The maximum Gasteiger partial charge on any atom is 0.247 e. The van der Waals surface area contributed by atoms with E-state index in [-0.39, 0.29) is 13.1 Å². The number of hydrogen-bond donors (Lipinski definition) is 1. The number of aromatic nitrogens is 3. The Morgan fingerprint density at radius 2 is 1.61 bits per heavy atom. The monoisotopic (exact) mass is 563 g/mol. The van der Waals surface area contributed by atoms with Gasteiger partial charge in [-0.25, -0.2) is 9.07 Å². The second-order valence-corrected chi connectivity index (χ2v) is 10.5. The van der Waals surface area contributed by atoms with Crippen molar-refractivity contribution < 1.29 is 28.2 Å². The van der Waals surface area contributed by atoms with Gasteiger partial charge < -0.3 is 24.4 Å². The quantitative estimate of drug-likeness (QED) is 0.307. The summed E-state index contributed by atoms with van der Waals surface area (Å²) in [5, 5.41) is 11.3.